The van der Waals surface area contributed by atoms with Crippen molar-refractivity contribution < 1.29 is 19.4 Å². The van der Waals surface area contributed by atoms with E-state index in [1.165, 1.54) is 38.5 Å². The smallest absolute Gasteiger partial charge is 0.321 e. The highest BCUT2D eigenvalue weighted by molar-refractivity contribution is 5.81. The van der Waals surface area contributed by atoms with Crippen molar-refractivity contribution in [2.75, 3.05) is 0 Å². The Hall–Kier alpha value is -1.10. The van der Waals surface area contributed by atoms with E-state index in [0.717, 1.165) is 19.3 Å². The van der Waals surface area contributed by atoms with Crippen LogP contribution in [0.5, 0.6) is 0 Å². The highest BCUT2D eigenvalue weighted by Crippen LogP contribution is 2.12. The van der Waals surface area contributed by atoms with Crippen LogP contribution >= 0.6 is 0 Å². The molecule has 5 nitrogen and oxygen atoms in total. The molecule has 0 saturated carbocycles. The van der Waals surface area contributed by atoms with Crippen molar-refractivity contribution >= 4 is 11.9 Å². The number of esters is 1. The highest BCUT2D eigenvalue weighted by atomic mass is 16.5. The van der Waals surface area contributed by atoms with Gasteiger partial charge in [0.15, 0.2) is 0 Å². The molecule has 1 unspecified atom stereocenters. The maximum atomic E-state index is 11.4. The summed E-state index contributed by atoms with van der Waals surface area (Å²) in [6, 6.07) is -1.17. The van der Waals surface area contributed by atoms with E-state index < -0.39 is 18.0 Å². The summed E-state index contributed by atoms with van der Waals surface area (Å²) in [6.07, 6.45) is 10.3. The second kappa shape index (κ2) is 12.6. The molecule has 0 aliphatic rings. The molecule has 124 valence electrons. The molecule has 0 fully saturated rings. The summed E-state index contributed by atoms with van der Waals surface area (Å²) in [7, 11) is 0. The number of carbonyl (C=O) groups excluding carboxylic acids is 1. The van der Waals surface area contributed by atoms with Crippen LogP contribution in [-0.2, 0) is 14.3 Å². The quantitative estimate of drug-likeness (QED) is 0.402. The third-order valence-electron chi connectivity index (χ3n) is 3.50. The standard InChI is InChI=1S/C16H31NO4/c1-3-4-5-6-7-8-9-10-11-13(2)21-15(18)12-14(17)16(19)20/h13-14H,3-12,17H2,1-2H3,(H,19,20)/t13?,14-/m0/s1. The Bertz CT molecular complexity index is 294. The molecule has 0 amide bonds. The SMILES string of the molecule is CCCCCCCCCCC(C)OC(=O)C[C@H](N)C(=O)O. The molecule has 0 aliphatic heterocycles. The van der Waals surface area contributed by atoms with Crippen molar-refractivity contribution in [1.29, 1.82) is 0 Å². The number of unbranched alkanes of at least 4 members (excludes halogenated alkanes) is 7. The van der Waals surface area contributed by atoms with Crippen molar-refractivity contribution in [2.24, 2.45) is 5.73 Å². The molecule has 2 atom stereocenters. The summed E-state index contributed by atoms with van der Waals surface area (Å²) in [4.78, 5) is 22.0. The van der Waals surface area contributed by atoms with Crippen LogP contribution in [0.25, 0.3) is 0 Å². The molecule has 0 aromatic carbocycles. The number of carboxylic acids is 1. The van der Waals surface area contributed by atoms with Crippen LogP contribution in [0.1, 0.15) is 78.1 Å². The van der Waals surface area contributed by atoms with Gasteiger partial charge in [-0.3, -0.25) is 9.59 Å². The lowest BCUT2D eigenvalue weighted by Gasteiger charge is -2.14. The van der Waals surface area contributed by atoms with Gasteiger partial charge in [0.05, 0.1) is 12.5 Å². The highest BCUT2D eigenvalue weighted by Gasteiger charge is 2.18. The van der Waals surface area contributed by atoms with Gasteiger partial charge in [-0.2, -0.15) is 0 Å². The Morgan fingerprint density at radius 2 is 1.57 bits per heavy atom. The second-order valence-electron chi connectivity index (χ2n) is 5.71. The summed E-state index contributed by atoms with van der Waals surface area (Å²) in [5.41, 5.74) is 5.28. The lowest BCUT2D eigenvalue weighted by atomic mass is 10.1. The molecule has 0 rings (SSSR count). The number of carboxylic acid groups (broad SMARTS) is 1. The molecule has 0 aromatic rings. The van der Waals surface area contributed by atoms with Crippen molar-refractivity contribution in [3.05, 3.63) is 0 Å². The molecule has 21 heavy (non-hydrogen) atoms. The van der Waals surface area contributed by atoms with Crippen LogP contribution in [-0.4, -0.2) is 29.2 Å². The fourth-order valence-corrected chi connectivity index (χ4v) is 2.16. The summed E-state index contributed by atoms with van der Waals surface area (Å²) in [5.74, 6) is -1.71. The zero-order chi connectivity index (χ0) is 16.1. The minimum absolute atomic E-state index is 0.168. The largest absolute Gasteiger partial charge is 0.480 e. The summed E-state index contributed by atoms with van der Waals surface area (Å²) >= 11 is 0. The first-order valence-electron chi connectivity index (χ1n) is 8.15. The predicted molar refractivity (Wildman–Crippen MR) is 83.0 cm³/mol. The Kier molecular flexibility index (Phi) is 12.0. The van der Waals surface area contributed by atoms with Crippen molar-refractivity contribution in [1.82, 2.24) is 0 Å². The molecule has 0 bridgehead atoms. The van der Waals surface area contributed by atoms with Gasteiger partial charge in [0.1, 0.15) is 6.04 Å². The molecule has 0 aliphatic carbocycles. The lowest BCUT2D eigenvalue weighted by Crippen LogP contribution is -2.33. The normalized spacial score (nSPS) is 13.7. The number of ether oxygens (including phenoxy) is 1. The van der Waals surface area contributed by atoms with Crippen LogP contribution in [0.2, 0.25) is 0 Å². The van der Waals surface area contributed by atoms with E-state index >= 15 is 0 Å². The fourth-order valence-electron chi connectivity index (χ4n) is 2.16. The fraction of sp³-hybridized carbons (Fsp3) is 0.875. The van der Waals surface area contributed by atoms with E-state index in [4.69, 9.17) is 15.6 Å². The van der Waals surface area contributed by atoms with Crippen LogP contribution in [0, 0.1) is 0 Å². The van der Waals surface area contributed by atoms with Gasteiger partial charge in [-0.15, -0.1) is 0 Å². The number of nitrogens with two attached hydrogens (primary N) is 1. The Labute approximate surface area is 128 Å². The van der Waals surface area contributed by atoms with E-state index in [1.807, 2.05) is 6.92 Å². The third kappa shape index (κ3) is 12.4. The molecule has 0 radical (unpaired) electrons. The first-order chi connectivity index (χ1) is 9.97. The molecular formula is C16H31NO4. The first-order valence-corrected chi connectivity index (χ1v) is 8.15. The van der Waals surface area contributed by atoms with Gasteiger partial charge in [-0.05, 0) is 19.8 Å². The minimum atomic E-state index is -1.18. The van der Waals surface area contributed by atoms with Gasteiger partial charge in [0.25, 0.3) is 0 Å². The number of aliphatic carboxylic acids is 1. The average molecular weight is 301 g/mol. The van der Waals surface area contributed by atoms with Crippen LogP contribution < -0.4 is 5.73 Å². The molecule has 0 aromatic heterocycles. The predicted octanol–water partition coefficient (Wildman–Crippen LogP) is 3.25. The topological polar surface area (TPSA) is 89.6 Å². The number of rotatable bonds is 13. The van der Waals surface area contributed by atoms with Crippen molar-refractivity contribution in [3.8, 4) is 0 Å². The Morgan fingerprint density at radius 1 is 1.05 bits per heavy atom. The minimum Gasteiger partial charge on any atom is -0.480 e. The van der Waals surface area contributed by atoms with Gasteiger partial charge < -0.3 is 15.6 Å². The Morgan fingerprint density at radius 3 is 2.10 bits per heavy atom. The van der Waals surface area contributed by atoms with Gasteiger partial charge in [-0.1, -0.05) is 51.9 Å². The molecule has 0 saturated heterocycles. The molecule has 0 spiro atoms. The first kappa shape index (κ1) is 19.9. The van der Waals surface area contributed by atoms with Crippen LogP contribution in [0.15, 0.2) is 0 Å². The molecule has 0 heterocycles. The van der Waals surface area contributed by atoms with E-state index in [9.17, 15) is 9.59 Å². The third-order valence-corrected chi connectivity index (χ3v) is 3.50. The monoisotopic (exact) mass is 301 g/mol. The van der Waals surface area contributed by atoms with Gasteiger partial charge >= 0.3 is 11.9 Å². The number of hydrogen-bond donors (Lipinski definition) is 2. The summed E-state index contributed by atoms with van der Waals surface area (Å²) < 4.78 is 5.15. The van der Waals surface area contributed by atoms with E-state index in [1.54, 1.807) is 0 Å². The number of hydrogen-bond acceptors (Lipinski definition) is 4. The lowest BCUT2D eigenvalue weighted by molar-refractivity contribution is -0.152. The van der Waals surface area contributed by atoms with Gasteiger partial charge in [0.2, 0.25) is 0 Å². The van der Waals surface area contributed by atoms with Gasteiger partial charge in [0, 0.05) is 0 Å². The number of carbonyl (C=O) groups is 2. The van der Waals surface area contributed by atoms with E-state index in [2.05, 4.69) is 6.92 Å². The average Bonchev–Trinajstić information content (AvgIpc) is 2.41. The van der Waals surface area contributed by atoms with Crippen molar-refractivity contribution in [3.63, 3.8) is 0 Å². The zero-order valence-corrected chi connectivity index (χ0v) is 13.5. The summed E-state index contributed by atoms with van der Waals surface area (Å²) in [6.45, 7) is 4.05. The van der Waals surface area contributed by atoms with E-state index in [-0.39, 0.29) is 12.5 Å². The zero-order valence-electron chi connectivity index (χ0n) is 13.5. The molecule has 5 heteroatoms. The van der Waals surface area contributed by atoms with E-state index in [0.29, 0.717) is 0 Å². The Balaban J connectivity index is 3.51. The maximum absolute atomic E-state index is 11.4. The summed E-state index contributed by atoms with van der Waals surface area (Å²) in [5, 5.41) is 8.61. The molecular weight excluding hydrogens is 270 g/mol. The van der Waals surface area contributed by atoms with Crippen molar-refractivity contribution in [2.45, 2.75) is 90.2 Å². The van der Waals surface area contributed by atoms with Gasteiger partial charge in [-0.25, -0.2) is 0 Å². The van der Waals surface area contributed by atoms with Crippen LogP contribution in [0.3, 0.4) is 0 Å². The second-order valence-corrected chi connectivity index (χ2v) is 5.71. The molecule has 3 N–H and O–H groups in total. The maximum Gasteiger partial charge on any atom is 0.321 e. The van der Waals surface area contributed by atoms with Crippen LogP contribution in [0.4, 0.5) is 0 Å².